The maximum absolute atomic E-state index is 12.6. The Balaban J connectivity index is 1.54. The second-order valence-corrected chi connectivity index (χ2v) is 8.74. The first-order valence-corrected chi connectivity index (χ1v) is 11.6. The van der Waals surface area contributed by atoms with Crippen molar-refractivity contribution < 1.29 is 19.1 Å². The van der Waals surface area contributed by atoms with Crippen LogP contribution in [0.3, 0.4) is 0 Å². The number of ether oxygens (including phenoxy) is 2. The standard InChI is InChI=1S/C24H21BrClN3O4S/c1-14(33-21-6-4-3-5-19(21)26)22(30)27-16-8-10-17(11-9-16)28-24(34)29-23(31)18-13-15(25)7-12-20(18)32-2/h3-14H,1-2H3,(H,27,30)(H2,28,29,31,34). The average molecular weight is 563 g/mol. The number of nitrogens with one attached hydrogen (secondary N) is 3. The summed E-state index contributed by atoms with van der Waals surface area (Å²) in [6.45, 7) is 1.63. The Morgan fingerprint density at radius 2 is 1.62 bits per heavy atom. The lowest BCUT2D eigenvalue weighted by molar-refractivity contribution is -0.122. The predicted molar refractivity (Wildman–Crippen MR) is 141 cm³/mol. The van der Waals surface area contributed by atoms with E-state index in [0.29, 0.717) is 33.5 Å². The van der Waals surface area contributed by atoms with Gasteiger partial charge in [0.1, 0.15) is 11.5 Å². The maximum atomic E-state index is 12.6. The zero-order valence-corrected chi connectivity index (χ0v) is 21.4. The summed E-state index contributed by atoms with van der Waals surface area (Å²) in [6, 6.07) is 18.9. The normalized spacial score (nSPS) is 11.2. The van der Waals surface area contributed by atoms with Crippen LogP contribution in [-0.2, 0) is 4.79 Å². The van der Waals surface area contributed by atoms with Crippen LogP contribution in [0.15, 0.2) is 71.2 Å². The smallest absolute Gasteiger partial charge is 0.265 e. The number of amides is 2. The zero-order valence-electron chi connectivity index (χ0n) is 18.2. The van der Waals surface area contributed by atoms with Crippen LogP contribution >= 0.6 is 39.7 Å². The highest BCUT2D eigenvalue weighted by molar-refractivity contribution is 9.10. The van der Waals surface area contributed by atoms with Gasteiger partial charge in [-0.15, -0.1) is 0 Å². The molecule has 0 aliphatic heterocycles. The third-order valence-electron chi connectivity index (χ3n) is 4.55. The average Bonchev–Trinajstić information content (AvgIpc) is 2.81. The first-order chi connectivity index (χ1) is 16.3. The topological polar surface area (TPSA) is 88.7 Å². The van der Waals surface area contributed by atoms with Gasteiger partial charge in [-0.1, -0.05) is 39.7 Å². The predicted octanol–water partition coefficient (Wildman–Crippen LogP) is 5.64. The minimum atomic E-state index is -0.754. The van der Waals surface area contributed by atoms with Crippen LogP contribution in [-0.4, -0.2) is 30.1 Å². The molecule has 3 aromatic rings. The molecule has 7 nitrogen and oxygen atoms in total. The summed E-state index contributed by atoms with van der Waals surface area (Å²) in [5, 5.41) is 8.88. The van der Waals surface area contributed by atoms with Crippen LogP contribution in [0.4, 0.5) is 11.4 Å². The lowest BCUT2D eigenvalue weighted by Gasteiger charge is -2.16. The van der Waals surface area contributed by atoms with Crippen molar-refractivity contribution in [1.82, 2.24) is 5.32 Å². The summed E-state index contributed by atoms with van der Waals surface area (Å²) in [6.07, 6.45) is -0.754. The number of methoxy groups -OCH3 is 1. The van der Waals surface area contributed by atoms with Crippen LogP contribution in [0.2, 0.25) is 5.02 Å². The molecule has 0 aromatic heterocycles. The highest BCUT2D eigenvalue weighted by Gasteiger charge is 2.17. The number of carbonyl (C=O) groups is 2. The number of carbonyl (C=O) groups excluding carboxylic acids is 2. The van der Waals surface area contributed by atoms with Crippen molar-refractivity contribution in [3.05, 3.63) is 81.8 Å². The number of para-hydroxylation sites is 1. The molecular formula is C24H21BrClN3O4S. The van der Waals surface area contributed by atoms with Gasteiger partial charge in [-0.05, 0) is 73.7 Å². The number of rotatable bonds is 7. The summed E-state index contributed by atoms with van der Waals surface area (Å²) in [5.74, 6) is 0.122. The largest absolute Gasteiger partial charge is 0.496 e. The van der Waals surface area contributed by atoms with E-state index in [4.69, 9.17) is 33.3 Å². The van der Waals surface area contributed by atoms with Crippen molar-refractivity contribution in [2.24, 2.45) is 0 Å². The zero-order chi connectivity index (χ0) is 24.7. The van der Waals surface area contributed by atoms with E-state index >= 15 is 0 Å². The van der Waals surface area contributed by atoms with Gasteiger partial charge in [-0.25, -0.2) is 0 Å². The fourth-order valence-electron chi connectivity index (χ4n) is 2.86. The molecule has 0 aliphatic rings. The van der Waals surface area contributed by atoms with Crippen molar-refractivity contribution in [3.63, 3.8) is 0 Å². The van der Waals surface area contributed by atoms with Gasteiger partial charge < -0.3 is 20.1 Å². The number of halogens is 2. The first-order valence-electron chi connectivity index (χ1n) is 10.0. The molecule has 34 heavy (non-hydrogen) atoms. The molecule has 3 N–H and O–H groups in total. The Hall–Kier alpha value is -3.14. The highest BCUT2D eigenvalue weighted by atomic mass is 79.9. The van der Waals surface area contributed by atoms with Gasteiger partial charge in [-0.2, -0.15) is 0 Å². The Bertz CT molecular complexity index is 1210. The van der Waals surface area contributed by atoms with Crippen LogP contribution in [0.5, 0.6) is 11.5 Å². The molecule has 0 bridgehead atoms. The molecule has 0 saturated carbocycles. The van der Waals surface area contributed by atoms with Crippen LogP contribution < -0.4 is 25.4 Å². The van der Waals surface area contributed by atoms with Crippen molar-refractivity contribution in [1.29, 1.82) is 0 Å². The summed E-state index contributed by atoms with van der Waals surface area (Å²) >= 11 is 14.7. The van der Waals surface area contributed by atoms with E-state index in [0.717, 1.165) is 4.47 Å². The summed E-state index contributed by atoms with van der Waals surface area (Å²) in [7, 11) is 1.49. The lowest BCUT2D eigenvalue weighted by Crippen LogP contribution is -2.34. The minimum Gasteiger partial charge on any atom is -0.496 e. The molecule has 176 valence electrons. The molecular weight excluding hydrogens is 542 g/mol. The van der Waals surface area contributed by atoms with Gasteiger partial charge in [0.05, 0.1) is 17.7 Å². The van der Waals surface area contributed by atoms with E-state index in [2.05, 4.69) is 31.9 Å². The molecule has 1 atom stereocenters. The number of benzene rings is 3. The van der Waals surface area contributed by atoms with Crippen molar-refractivity contribution in [2.45, 2.75) is 13.0 Å². The number of anilines is 2. The summed E-state index contributed by atoms with van der Waals surface area (Å²) in [5.41, 5.74) is 1.54. The molecule has 3 aromatic carbocycles. The van der Waals surface area contributed by atoms with Crippen molar-refractivity contribution in [3.8, 4) is 11.5 Å². The number of hydrogen-bond acceptors (Lipinski definition) is 5. The van der Waals surface area contributed by atoms with Crippen LogP contribution in [0.25, 0.3) is 0 Å². The summed E-state index contributed by atoms with van der Waals surface area (Å²) < 4.78 is 11.6. The molecule has 1 unspecified atom stereocenters. The summed E-state index contributed by atoms with van der Waals surface area (Å²) in [4.78, 5) is 25.0. The van der Waals surface area contributed by atoms with Crippen LogP contribution in [0.1, 0.15) is 17.3 Å². The van der Waals surface area contributed by atoms with E-state index in [1.54, 1.807) is 73.7 Å². The third-order valence-corrected chi connectivity index (χ3v) is 5.56. The van der Waals surface area contributed by atoms with Crippen LogP contribution in [0, 0.1) is 0 Å². The van der Waals surface area contributed by atoms with Gasteiger partial charge in [0.15, 0.2) is 11.2 Å². The highest BCUT2D eigenvalue weighted by Crippen LogP contribution is 2.25. The van der Waals surface area contributed by atoms with E-state index in [1.165, 1.54) is 7.11 Å². The SMILES string of the molecule is COc1ccc(Br)cc1C(=O)NC(=S)Nc1ccc(NC(=O)C(C)Oc2ccccc2Cl)cc1. The third kappa shape index (κ3) is 6.93. The molecule has 0 spiro atoms. The molecule has 0 saturated heterocycles. The minimum absolute atomic E-state index is 0.116. The fourth-order valence-corrected chi connectivity index (χ4v) is 3.61. The molecule has 0 fully saturated rings. The Morgan fingerprint density at radius 1 is 0.971 bits per heavy atom. The Labute approximate surface area is 215 Å². The first kappa shape index (κ1) is 25.5. The van der Waals surface area contributed by atoms with Gasteiger partial charge >= 0.3 is 0 Å². The van der Waals surface area contributed by atoms with Crippen molar-refractivity contribution >= 4 is 68.1 Å². The number of hydrogen-bond donors (Lipinski definition) is 3. The second kappa shape index (κ2) is 11.8. The van der Waals surface area contributed by atoms with E-state index in [-0.39, 0.29) is 11.0 Å². The van der Waals surface area contributed by atoms with Gasteiger partial charge in [0.25, 0.3) is 11.8 Å². The Kier molecular flexibility index (Phi) is 8.86. The second-order valence-electron chi connectivity index (χ2n) is 7.01. The molecule has 3 rings (SSSR count). The van der Waals surface area contributed by atoms with Crippen molar-refractivity contribution in [2.75, 3.05) is 17.7 Å². The molecule has 0 heterocycles. The number of thiocarbonyl (C=S) groups is 1. The molecule has 2 amide bonds. The monoisotopic (exact) mass is 561 g/mol. The fraction of sp³-hybridized carbons (Fsp3) is 0.125. The molecule has 0 radical (unpaired) electrons. The maximum Gasteiger partial charge on any atom is 0.265 e. The molecule has 0 aliphatic carbocycles. The quantitative estimate of drug-likeness (QED) is 0.323. The Morgan fingerprint density at radius 3 is 2.26 bits per heavy atom. The van der Waals surface area contributed by atoms with E-state index in [9.17, 15) is 9.59 Å². The lowest BCUT2D eigenvalue weighted by atomic mass is 10.2. The van der Waals surface area contributed by atoms with Gasteiger partial charge in [0.2, 0.25) is 0 Å². The van der Waals surface area contributed by atoms with Gasteiger partial charge in [-0.3, -0.25) is 14.9 Å². The molecule has 10 heteroatoms. The van der Waals surface area contributed by atoms with E-state index < -0.39 is 12.0 Å². The van der Waals surface area contributed by atoms with E-state index in [1.807, 2.05) is 0 Å². The van der Waals surface area contributed by atoms with Gasteiger partial charge in [0, 0.05) is 15.8 Å².